The molecular weight excluding hydrogens is 324 g/mol. The Bertz CT molecular complexity index is 1010. The highest BCUT2D eigenvalue weighted by atomic mass is 16.2. The second-order valence-electron chi connectivity index (χ2n) is 5.70. The zero-order valence-electron chi connectivity index (χ0n) is 13.9. The lowest BCUT2D eigenvalue weighted by Crippen LogP contribution is -2.17. The van der Waals surface area contributed by atoms with E-state index in [0.717, 1.165) is 16.9 Å². The van der Waals surface area contributed by atoms with Gasteiger partial charge in [0.25, 0.3) is 5.91 Å². The van der Waals surface area contributed by atoms with Crippen LogP contribution in [-0.2, 0) is 0 Å². The maximum absolute atomic E-state index is 12.8. The van der Waals surface area contributed by atoms with Crippen molar-refractivity contribution in [1.82, 2.24) is 14.8 Å². The number of para-hydroxylation sites is 1. The minimum absolute atomic E-state index is 0.262. The first-order valence-electron chi connectivity index (χ1n) is 8.24. The summed E-state index contributed by atoms with van der Waals surface area (Å²) in [5, 5.41) is 7.47. The fourth-order valence-electron chi connectivity index (χ4n) is 2.68. The molecule has 0 radical (unpaired) electrons. The van der Waals surface area contributed by atoms with Gasteiger partial charge in [-0.2, -0.15) is 5.10 Å². The highest BCUT2D eigenvalue weighted by molar-refractivity contribution is 6.03. The monoisotopic (exact) mass is 340 g/mol. The fourth-order valence-corrected chi connectivity index (χ4v) is 2.68. The SMILES string of the molecule is O=C(Nc1ccccn1)c1cc(-c2ccccc2)nn1-c1ccccc1. The first-order chi connectivity index (χ1) is 12.8. The van der Waals surface area contributed by atoms with Crippen molar-refractivity contribution in [2.24, 2.45) is 0 Å². The number of carbonyl (C=O) groups is 1. The maximum atomic E-state index is 12.8. The van der Waals surface area contributed by atoms with E-state index in [0.29, 0.717) is 11.5 Å². The topological polar surface area (TPSA) is 59.8 Å². The molecule has 4 rings (SSSR count). The van der Waals surface area contributed by atoms with Crippen LogP contribution in [0.1, 0.15) is 10.5 Å². The van der Waals surface area contributed by atoms with Gasteiger partial charge < -0.3 is 5.32 Å². The second kappa shape index (κ2) is 7.03. The molecule has 26 heavy (non-hydrogen) atoms. The van der Waals surface area contributed by atoms with Gasteiger partial charge in [0.1, 0.15) is 11.5 Å². The number of pyridine rings is 1. The van der Waals surface area contributed by atoms with E-state index < -0.39 is 0 Å². The Balaban J connectivity index is 1.77. The summed E-state index contributed by atoms with van der Waals surface area (Å²) in [7, 11) is 0. The highest BCUT2D eigenvalue weighted by Crippen LogP contribution is 2.22. The Morgan fingerprint density at radius 3 is 2.23 bits per heavy atom. The van der Waals surface area contributed by atoms with Crippen LogP contribution < -0.4 is 5.32 Å². The molecule has 5 heteroatoms. The molecule has 2 aromatic carbocycles. The molecule has 1 amide bonds. The number of rotatable bonds is 4. The Labute approximate surface area is 151 Å². The van der Waals surface area contributed by atoms with Crippen LogP contribution in [0.3, 0.4) is 0 Å². The van der Waals surface area contributed by atoms with Crippen LogP contribution in [0.5, 0.6) is 0 Å². The first kappa shape index (κ1) is 15.8. The third kappa shape index (κ3) is 3.23. The Hall–Kier alpha value is -3.73. The van der Waals surface area contributed by atoms with Crippen LogP contribution in [0.15, 0.2) is 91.1 Å². The number of anilines is 1. The molecule has 2 heterocycles. The van der Waals surface area contributed by atoms with Crippen molar-refractivity contribution in [3.05, 3.63) is 96.8 Å². The van der Waals surface area contributed by atoms with Crippen LogP contribution in [-0.4, -0.2) is 20.7 Å². The Morgan fingerprint density at radius 1 is 0.846 bits per heavy atom. The predicted octanol–water partition coefficient (Wildman–Crippen LogP) is 4.19. The number of nitrogens with zero attached hydrogens (tertiary/aromatic N) is 3. The van der Waals surface area contributed by atoms with Crippen LogP contribution >= 0.6 is 0 Å². The van der Waals surface area contributed by atoms with Gasteiger partial charge in [0.15, 0.2) is 0 Å². The fraction of sp³-hybridized carbons (Fsp3) is 0. The lowest BCUT2D eigenvalue weighted by molar-refractivity contribution is 0.101. The third-order valence-electron chi connectivity index (χ3n) is 3.92. The lowest BCUT2D eigenvalue weighted by Gasteiger charge is -2.07. The van der Waals surface area contributed by atoms with E-state index in [-0.39, 0.29) is 5.91 Å². The molecule has 4 aromatic rings. The van der Waals surface area contributed by atoms with Gasteiger partial charge in [-0.1, -0.05) is 54.6 Å². The summed E-state index contributed by atoms with van der Waals surface area (Å²) in [5.41, 5.74) is 2.95. The molecule has 0 spiro atoms. The molecule has 0 unspecified atom stereocenters. The van der Waals surface area contributed by atoms with Crippen molar-refractivity contribution in [3.63, 3.8) is 0 Å². The van der Waals surface area contributed by atoms with Gasteiger partial charge in [-0.3, -0.25) is 4.79 Å². The molecule has 0 bridgehead atoms. The van der Waals surface area contributed by atoms with Crippen LogP contribution in [0.2, 0.25) is 0 Å². The zero-order valence-corrected chi connectivity index (χ0v) is 13.9. The zero-order chi connectivity index (χ0) is 17.8. The molecule has 0 aliphatic rings. The molecule has 2 aromatic heterocycles. The van der Waals surface area contributed by atoms with E-state index in [1.54, 1.807) is 29.1 Å². The van der Waals surface area contributed by atoms with E-state index in [1.807, 2.05) is 66.7 Å². The average Bonchev–Trinajstić information content (AvgIpc) is 3.16. The Morgan fingerprint density at radius 2 is 1.54 bits per heavy atom. The average molecular weight is 340 g/mol. The molecule has 0 fully saturated rings. The number of amides is 1. The molecule has 0 saturated heterocycles. The van der Waals surface area contributed by atoms with Crippen molar-refractivity contribution >= 4 is 11.7 Å². The number of benzene rings is 2. The summed E-state index contributed by atoms with van der Waals surface area (Å²) in [6.45, 7) is 0. The Kier molecular flexibility index (Phi) is 4.26. The third-order valence-corrected chi connectivity index (χ3v) is 3.92. The summed E-state index contributed by atoms with van der Waals surface area (Å²) in [6, 6.07) is 26.6. The maximum Gasteiger partial charge on any atom is 0.275 e. The summed E-state index contributed by atoms with van der Waals surface area (Å²) in [6.07, 6.45) is 1.64. The second-order valence-corrected chi connectivity index (χ2v) is 5.70. The first-order valence-corrected chi connectivity index (χ1v) is 8.24. The quantitative estimate of drug-likeness (QED) is 0.606. The van der Waals surface area contributed by atoms with Crippen molar-refractivity contribution in [1.29, 1.82) is 0 Å². The number of hydrogen-bond donors (Lipinski definition) is 1. The summed E-state index contributed by atoms with van der Waals surface area (Å²) in [4.78, 5) is 17.0. The van der Waals surface area contributed by atoms with Crippen LogP contribution in [0.4, 0.5) is 5.82 Å². The molecular formula is C21H16N4O. The number of nitrogens with one attached hydrogen (secondary N) is 1. The largest absolute Gasteiger partial charge is 0.305 e. The van der Waals surface area contributed by atoms with Crippen LogP contribution in [0, 0.1) is 0 Å². The van der Waals surface area contributed by atoms with Gasteiger partial charge in [0, 0.05) is 11.8 Å². The normalized spacial score (nSPS) is 10.5. The molecule has 0 aliphatic carbocycles. The van der Waals surface area contributed by atoms with Gasteiger partial charge in [-0.05, 0) is 30.3 Å². The minimum Gasteiger partial charge on any atom is -0.305 e. The van der Waals surface area contributed by atoms with E-state index in [2.05, 4.69) is 15.4 Å². The summed E-state index contributed by atoms with van der Waals surface area (Å²) >= 11 is 0. The van der Waals surface area contributed by atoms with Gasteiger partial charge in [-0.25, -0.2) is 9.67 Å². The molecule has 1 N–H and O–H groups in total. The number of carbonyl (C=O) groups excluding carboxylic acids is 1. The summed E-state index contributed by atoms with van der Waals surface area (Å²) in [5.74, 6) is 0.238. The van der Waals surface area contributed by atoms with Crippen LogP contribution in [0.25, 0.3) is 16.9 Å². The van der Waals surface area contributed by atoms with Crippen molar-refractivity contribution in [3.8, 4) is 16.9 Å². The molecule has 0 atom stereocenters. The molecule has 0 aliphatic heterocycles. The van der Waals surface area contributed by atoms with Crippen molar-refractivity contribution in [2.45, 2.75) is 0 Å². The van der Waals surface area contributed by atoms with Crippen molar-refractivity contribution in [2.75, 3.05) is 5.32 Å². The van der Waals surface area contributed by atoms with E-state index in [4.69, 9.17) is 0 Å². The predicted molar refractivity (Wildman–Crippen MR) is 101 cm³/mol. The highest BCUT2D eigenvalue weighted by Gasteiger charge is 2.18. The smallest absolute Gasteiger partial charge is 0.275 e. The van der Waals surface area contributed by atoms with Gasteiger partial charge in [0.05, 0.1) is 11.4 Å². The van der Waals surface area contributed by atoms with Crippen molar-refractivity contribution < 1.29 is 4.79 Å². The van der Waals surface area contributed by atoms with Gasteiger partial charge >= 0.3 is 0 Å². The molecule has 0 saturated carbocycles. The van der Waals surface area contributed by atoms with E-state index >= 15 is 0 Å². The molecule has 126 valence electrons. The van der Waals surface area contributed by atoms with Gasteiger partial charge in [0.2, 0.25) is 0 Å². The number of hydrogen-bond acceptors (Lipinski definition) is 3. The standard InChI is InChI=1S/C21H16N4O/c26-21(23-20-13-7-8-14-22-20)19-15-18(16-9-3-1-4-10-16)24-25(19)17-11-5-2-6-12-17/h1-15H,(H,22,23,26). The summed E-state index contributed by atoms with van der Waals surface area (Å²) < 4.78 is 1.65. The van der Waals surface area contributed by atoms with E-state index in [1.165, 1.54) is 0 Å². The lowest BCUT2D eigenvalue weighted by atomic mass is 10.1. The molecule has 5 nitrogen and oxygen atoms in total. The minimum atomic E-state index is -0.262. The van der Waals surface area contributed by atoms with E-state index in [9.17, 15) is 4.79 Å². The van der Waals surface area contributed by atoms with Gasteiger partial charge in [-0.15, -0.1) is 0 Å². The number of aromatic nitrogens is 3.